The van der Waals surface area contributed by atoms with Gasteiger partial charge in [0.2, 0.25) is 0 Å². The number of carbonyl (C=O) groups excluding carboxylic acids is 1. The maximum atomic E-state index is 14.0. The number of hydrogen-bond acceptors (Lipinski definition) is 4. The molecule has 5 rings (SSSR count). The van der Waals surface area contributed by atoms with Crippen LogP contribution in [-0.4, -0.2) is 22.6 Å². The lowest BCUT2D eigenvalue weighted by atomic mass is 9.99. The standard InChI is InChI=1S/C23H17F2N3O2/c1-13-21-16(11-19(26-22(21)30-27-13)14-6-3-2-4-7-14)23(29)28-9-5-8-15-10-17(24)18(25)12-20(15)28/h2-4,6-7,10-12H,5,8-9H2,1H3. The van der Waals surface area contributed by atoms with Crippen LogP contribution in [0, 0.1) is 18.6 Å². The van der Waals surface area contributed by atoms with Crippen LogP contribution in [0.1, 0.15) is 28.0 Å². The molecule has 0 bridgehead atoms. The summed E-state index contributed by atoms with van der Waals surface area (Å²) in [6, 6.07) is 13.4. The van der Waals surface area contributed by atoms with Gasteiger partial charge in [-0.05, 0) is 37.5 Å². The Balaban J connectivity index is 1.68. The Kier molecular flexibility index (Phi) is 4.31. The number of nitrogens with zero attached hydrogens (tertiary/aromatic N) is 3. The van der Waals surface area contributed by atoms with Gasteiger partial charge < -0.3 is 9.42 Å². The Morgan fingerprint density at radius 2 is 1.87 bits per heavy atom. The molecule has 0 spiro atoms. The summed E-state index contributed by atoms with van der Waals surface area (Å²) in [5, 5.41) is 4.49. The fourth-order valence-corrected chi connectivity index (χ4v) is 3.95. The van der Waals surface area contributed by atoms with Crippen molar-refractivity contribution in [3.63, 3.8) is 0 Å². The quantitative estimate of drug-likeness (QED) is 0.467. The Labute approximate surface area is 170 Å². The maximum Gasteiger partial charge on any atom is 0.259 e. The molecule has 1 aliphatic heterocycles. The molecule has 3 heterocycles. The molecule has 5 nitrogen and oxygen atoms in total. The first-order valence-corrected chi connectivity index (χ1v) is 9.65. The van der Waals surface area contributed by atoms with Gasteiger partial charge in [-0.15, -0.1) is 0 Å². The topological polar surface area (TPSA) is 59.2 Å². The Hall–Kier alpha value is -3.61. The van der Waals surface area contributed by atoms with E-state index >= 15 is 0 Å². The molecule has 30 heavy (non-hydrogen) atoms. The zero-order valence-corrected chi connectivity index (χ0v) is 16.2. The van der Waals surface area contributed by atoms with Crippen molar-refractivity contribution in [1.82, 2.24) is 10.1 Å². The number of hydrogen-bond donors (Lipinski definition) is 0. The number of pyridine rings is 1. The minimum atomic E-state index is -0.973. The fourth-order valence-electron chi connectivity index (χ4n) is 3.95. The van der Waals surface area contributed by atoms with Gasteiger partial charge in [-0.2, -0.15) is 0 Å². The van der Waals surface area contributed by atoms with Crippen molar-refractivity contribution in [2.24, 2.45) is 0 Å². The normalized spacial score (nSPS) is 13.5. The average molecular weight is 405 g/mol. The van der Waals surface area contributed by atoms with Crippen molar-refractivity contribution in [3.8, 4) is 11.3 Å². The molecule has 0 fully saturated rings. The van der Waals surface area contributed by atoms with Crippen LogP contribution in [0.25, 0.3) is 22.4 Å². The third kappa shape index (κ3) is 2.94. The number of aromatic nitrogens is 2. The van der Waals surface area contributed by atoms with Gasteiger partial charge in [0.15, 0.2) is 11.6 Å². The molecule has 1 amide bonds. The van der Waals surface area contributed by atoms with Crippen LogP contribution in [0.15, 0.2) is 53.1 Å². The molecular formula is C23H17F2N3O2. The molecule has 0 saturated heterocycles. The van der Waals surface area contributed by atoms with Crippen LogP contribution in [0.4, 0.5) is 14.5 Å². The van der Waals surface area contributed by atoms with Gasteiger partial charge in [-0.1, -0.05) is 35.5 Å². The summed E-state index contributed by atoms with van der Waals surface area (Å²) in [6.45, 7) is 2.15. The average Bonchev–Trinajstić information content (AvgIpc) is 3.14. The number of halogens is 2. The molecule has 0 atom stereocenters. The Bertz CT molecular complexity index is 1280. The summed E-state index contributed by atoms with van der Waals surface area (Å²) < 4.78 is 33.0. The van der Waals surface area contributed by atoms with E-state index in [9.17, 15) is 13.6 Å². The van der Waals surface area contributed by atoms with E-state index in [-0.39, 0.29) is 11.6 Å². The van der Waals surface area contributed by atoms with E-state index in [1.165, 1.54) is 11.0 Å². The van der Waals surface area contributed by atoms with Gasteiger partial charge in [0.05, 0.1) is 28.0 Å². The summed E-state index contributed by atoms with van der Waals surface area (Å²) in [5.41, 5.74) is 3.59. The second kappa shape index (κ2) is 7.02. The molecule has 0 unspecified atom stereocenters. The molecule has 0 N–H and O–H groups in total. The third-order valence-electron chi connectivity index (χ3n) is 5.40. The zero-order chi connectivity index (χ0) is 20.8. The molecule has 0 radical (unpaired) electrons. The van der Waals surface area contributed by atoms with Crippen molar-refractivity contribution in [3.05, 3.63) is 77.0 Å². The highest BCUT2D eigenvalue weighted by atomic mass is 19.2. The molecule has 0 saturated carbocycles. The molecule has 1 aliphatic rings. The summed E-state index contributed by atoms with van der Waals surface area (Å²) in [5.74, 6) is -2.20. The van der Waals surface area contributed by atoms with Crippen molar-refractivity contribution in [2.75, 3.05) is 11.4 Å². The molecule has 2 aromatic heterocycles. The van der Waals surface area contributed by atoms with E-state index in [4.69, 9.17) is 4.52 Å². The van der Waals surface area contributed by atoms with Gasteiger partial charge in [-0.3, -0.25) is 4.79 Å². The van der Waals surface area contributed by atoms with Crippen LogP contribution in [0.3, 0.4) is 0 Å². The number of fused-ring (bicyclic) bond motifs is 2. The highest BCUT2D eigenvalue weighted by Crippen LogP contribution is 2.33. The SMILES string of the molecule is Cc1noc2nc(-c3ccccc3)cc(C(=O)N3CCCc4cc(F)c(F)cc43)c12. The predicted octanol–water partition coefficient (Wildman–Crippen LogP) is 5.07. The first-order chi connectivity index (χ1) is 14.5. The van der Waals surface area contributed by atoms with Crippen LogP contribution in [0.5, 0.6) is 0 Å². The molecule has 150 valence electrons. The minimum Gasteiger partial charge on any atom is -0.335 e. The summed E-state index contributed by atoms with van der Waals surface area (Å²) in [7, 11) is 0. The van der Waals surface area contributed by atoms with Gasteiger partial charge >= 0.3 is 0 Å². The van der Waals surface area contributed by atoms with Gasteiger partial charge in [-0.25, -0.2) is 13.8 Å². The highest BCUT2D eigenvalue weighted by molar-refractivity contribution is 6.14. The van der Waals surface area contributed by atoms with E-state index in [0.29, 0.717) is 53.0 Å². The number of rotatable bonds is 2. The molecule has 7 heteroatoms. The lowest BCUT2D eigenvalue weighted by Gasteiger charge is -2.30. The molecule has 0 aliphatic carbocycles. The van der Waals surface area contributed by atoms with Crippen LogP contribution >= 0.6 is 0 Å². The summed E-state index contributed by atoms with van der Waals surface area (Å²) >= 11 is 0. The van der Waals surface area contributed by atoms with E-state index in [0.717, 1.165) is 11.6 Å². The highest BCUT2D eigenvalue weighted by Gasteiger charge is 2.28. The summed E-state index contributed by atoms with van der Waals surface area (Å²) in [6.07, 6.45) is 1.25. The third-order valence-corrected chi connectivity index (χ3v) is 5.40. The Morgan fingerprint density at radius 3 is 2.67 bits per heavy atom. The minimum absolute atomic E-state index is 0.264. The zero-order valence-electron chi connectivity index (χ0n) is 16.2. The van der Waals surface area contributed by atoms with Crippen LogP contribution in [-0.2, 0) is 6.42 Å². The smallest absolute Gasteiger partial charge is 0.259 e. The van der Waals surface area contributed by atoms with E-state index in [1.807, 2.05) is 30.3 Å². The van der Waals surface area contributed by atoms with Crippen molar-refractivity contribution in [1.29, 1.82) is 0 Å². The van der Waals surface area contributed by atoms with Gasteiger partial charge in [0, 0.05) is 18.2 Å². The maximum absolute atomic E-state index is 14.0. The predicted molar refractivity (Wildman–Crippen MR) is 108 cm³/mol. The number of benzene rings is 2. The number of amides is 1. The van der Waals surface area contributed by atoms with Crippen LogP contribution in [0.2, 0.25) is 0 Å². The second-order valence-electron chi connectivity index (χ2n) is 7.32. The monoisotopic (exact) mass is 405 g/mol. The first kappa shape index (κ1) is 18.4. The molecular weight excluding hydrogens is 388 g/mol. The van der Waals surface area contributed by atoms with Crippen molar-refractivity contribution >= 4 is 22.7 Å². The lowest BCUT2D eigenvalue weighted by Crippen LogP contribution is -2.36. The molecule has 4 aromatic rings. The number of carbonyl (C=O) groups is 1. The van der Waals surface area contributed by atoms with Gasteiger partial charge in [0.25, 0.3) is 11.6 Å². The number of anilines is 1. The van der Waals surface area contributed by atoms with Gasteiger partial charge in [0.1, 0.15) is 0 Å². The summed E-state index contributed by atoms with van der Waals surface area (Å²) in [4.78, 5) is 19.6. The Morgan fingerprint density at radius 1 is 1.10 bits per heavy atom. The van der Waals surface area contributed by atoms with E-state index in [2.05, 4.69) is 10.1 Å². The van der Waals surface area contributed by atoms with Crippen molar-refractivity contribution < 1.29 is 18.1 Å². The van der Waals surface area contributed by atoms with Crippen LogP contribution < -0.4 is 4.90 Å². The van der Waals surface area contributed by atoms with E-state index in [1.54, 1.807) is 13.0 Å². The first-order valence-electron chi connectivity index (χ1n) is 9.65. The lowest BCUT2D eigenvalue weighted by molar-refractivity contribution is 0.0986. The largest absolute Gasteiger partial charge is 0.335 e. The van der Waals surface area contributed by atoms with Crippen molar-refractivity contribution in [2.45, 2.75) is 19.8 Å². The number of aryl methyl sites for hydroxylation is 2. The fraction of sp³-hybridized carbons (Fsp3) is 0.174. The molecule has 2 aromatic carbocycles. The second-order valence-corrected chi connectivity index (χ2v) is 7.32. The van der Waals surface area contributed by atoms with E-state index < -0.39 is 11.6 Å².